The van der Waals surface area contributed by atoms with E-state index in [4.69, 9.17) is 10.3 Å². The molecule has 0 spiro atoms. The topological polar surface area (TPSA) is 85.2 Å². The number of piperidine rings is 1. The molecule has 0 saturated carbocycles. The van der Waals surface area contributed by atoms with Gasteiger partial charge in [-0.2, -0.15) is 4.98 Å². The normalized spacial score (nSPS) is 16.6. The second-order valence-electron chi connectivity index (χ2n) is 7.53. The number of carbonyl (C=O) groups excluding carboxylic acids is 1. The SMILES string of the molecule is NC(=O)C1(c2nc(Cc3ccc(F)cc3)no2)CCN(Cc2ccccc2)CC1. The Morgan fingerprint density at radius 1 is 1.07 bits per heavy atom. The minimum atomic E-state index is -0.943. The van der Waals surface area contributed by atoms with E-state index >= 15 is 0 Å². The van der Waals surface area contributed by atoms with Gasteiger partial charge in [0.25, 0.3) is 0 Å². The van der Waals surface area contributed by atoms with Gasteiger partial charge >= 0.3 is 0 Å². The summed E-state index contributed by atoms with van der Waals surface area (Å²) in [6.45, 7) is 2.26. The van der Waals surface area contributed by atoms with Gasteiger partial charge in [-0.3, -0.25) is 9.69 Å². The van der Waals surface area contributed by atoms with E-state index in [2.05, 4.69) is 27.2 Å². The Kier molecular flexibility index (Phi) is 5.40. The fourth-order valence-electron chi connectivity index (χ4n) is 3.81. The van der Waals surface area contributed by atoms with Crippen molar-refractivity contribution in [2.45, 2.75) is 31.2 Å². The molecule has 1 aliphatic rings. The lowest BCUT2D eigenvalue weighted by Gasteiger charge is -2.37. The Bertz CT molecular complexity index is 964. The quantitative estimate of drug-likeness (QED) is 0.695. The van der Waals surface area contributed by atoms with E-state index in [1.807, 2.05) is 18.2 Å². The zero-order chi connectivity index (χ0) is 20.3. The number of hydrogen-bond acceptors (Lipinski definition) is 5. The molecular formula is C22H23FN4O2. The van der Waals surface area contributed by atoms with Gasteiger partial charge in [-0.05, 0) is 36.1 Å². The number of halogens is 1. The van der Waals surface area contributed by atoms with Gasteiger partial charge in [-0.1, -0.05) is 47.6 Å². The van der Waals surface area contributed by atoms with Crippen molar-refractivity contribution in [3.63, 3.8) is 0 Å². The van der Waals surface area contributed by atoms with Crippen LogP contribution >= 0.6 is 0 Å². The zero-order valence-electron chi connectivity index (χ0n) is 16.1. The largest absolute Gasteiger partial charge is 0.369 e. The van der Waals surface area contributed by atoms with Gasteiger partial charge in [0.05, 0.1) is 0 Å². The molecule has 2 aromatic carbocycles. The molecule has 0 bridgehead atoms. The number of nitrogens with two attached hydrogens (primary N) is 1. The van der Waals surface area contributed by atoms with Crippen molar-refractivity contribution in [2.75, 3.05) is 13.1 Å². The Morgan fingerprint density at radius 2 is 1.76 bits per heavy atom. The van der Waals surface area contributed by atoms with Crippen molar-refractivity contribution < 1.29 is 13.7 Å². The second-order valence-corrected chi connectivity index (χ2v) is 7.53. The minimum Gasteiger partial charge on any atom is -0.369 e. The van der Waals surface area contributed by atoms with E-state index in [0.717, 1.165) is 12.1 Å². The van der Waals surface area contributed by atoms with E-state index in [0.29, 0.717) is 38.2 Å². The van der Waals surface area contributed by atoms with Crippen LogP contribution in [0.4, 0.5) is 4.39 Å². The number of primary amides is 1. The molecule has 1 fully saturated rings. The lowest BCUT2D eigenvalue weighted by Crippen LogP contribution is -2.50. The fraction of sp³-hybridized carbons (Fsp3) is 0.318. The molecule has 7 heteroatoms. The molecule has 0 aliphatic carbocycles. The van der Waals surface area contributed by atoms with Crippen LogP contribution in [0, 0.1) is 5.82 Å². The fourth-order valence-corrected chi connectivity index (χ4v) is 3.81. The third-order valence-corrected chi connectivity index (χ3v) is 5.58. The third kappa shape index (κ3) is 4.19. The van der Waals surface area contributed by atoms with Crippen LogP contribution < -0.4 is 5.73 Å². The summed E-state index contributed by atoms with van der Waals surface area (Å²) < 4.78 is 18.5. The Hall–Kier alpha value is -3.06. The molecule has 1 aliphatic heterocycles. The van der Waals surface area contributed by atoms with Crippen molar-refractivity contribution in [1.29, 1.82) is 0 Å². The summed E-state index contributed by atoms with van der Waals surface area (Å²) in [4.78, 5) is 19.1. The molecule has 2 N–H and O–H groups in total. The first-order valence-corrected chi connectivity index (χ1v) is 9.69. The maximum absolute atomic E-state index is 13.1. The molecule has 0 unspecified atom stereocenters. The molecule has 6 nitrogen and oxygen atoms in total. The van der Waals surface area contributed by atoms with E-state index < -0.39 is 11.3 Å². The molecule has 4 rings (SSSR count). The number of benzene rings is 2. The van der Waals surface area contributed by atoms with Gasteiger partial charge in [-0.25, -0.2) is 4.39 Å². The minimum absolute atomic E-state index is 0.279. The number of amides is 1. The average molecular weight is 394 g/mol. The van der Waals surface area contributed by atoms with E-state index in [-0.39, 0.29) is 11.7 Å². The summed E-state index contributed by atoms with van der Waals surface area (Å²) in [7, 11) is 0. The van der Waals surface area contributed by atoms with Crippen LogP contribution in [-0.2, 0) is 23.2 Å². The van der Waals surface area contributed by atoms with Crippen LogP contribution in [0.25, 0.3) is 0 Å². The first-order chi connectivity index (χ1) is 14.0. The Morgan fingerprint density at radius 3 is 2.41 bits per heavy atom. The lowest BCUT2D eigenvalue weighted by molar-refractivity contribution is -0.126. The third-order valence-electron chi connectivity index (χ3n) is 5.58. The lowest BCUT2D eigenvalue weighted by atomic mass is 9.77. The van der Waals surface area contributed by atoms with Crippen LogP contribution in [0.1, 0.15) is 35.7 Å². The summed E-state index contributed by atoms with van der Waals surface area (Å²) in [5.41, 5.74) is 6.94. The van der Waals surface area contributed by atoms with Gasteiger partial charge in [0.2, 0.25) is 11.8 Å². The van der Waals surface area contributed by atoms with Crippen LogP contribution in [0.5, 0.6) is 0 Å². The predicted molar refractivity (Wildman–Crippen MR) is 105 cm³/mol. The number of nitrogens with zero attached hydrogens (tertiary/aromatic N) is 3. The number of likely N-dealkylation sites (tertiary alicyclic amines) is 1. The van der Waals surface area contributed by atoms with Gasteiger partial charge in [-0.15, -0.1) is 0 Å². The first kappa shape index (κ1) is 19.3. The van der Waals surface area contributed by atoms with Crippen molar-refractivity contribution in [1.82, 2.24) is 15.0 Å². The summed E-state index contributed by atoms with van der Waals surface area (Å²) in [5.74, 6) is 0.00626. The average Bonchev–Trinajstić information content (AvgIpc) is 3.20. The molecule has 29 heavy (non-hydrogen) atoms. The van der Waals surface area contributed by atoms with Gasteiger partial charge in [0.15, 0.2) is 5.82 Å². The molecule has 3 aromatic rings. The van der Waals surface area contributed by atoms with Crippen LogP contribution in [0.15, 0.2) is 59.1 Å². The second kappa shape index (κ2) is 8.13. The van der Waals surface area contributed by atoms with Crippen molar-refractivity contribution in [3.8, 4) is 0 Å². The van der Waals surface area contributed by atoms with Gasteiger partial charge < -0.3 is 10.3 Å². The van der Waals surface area contributed by atoms with Crippen LogP contribution in [0.2, 0.25) is 0 Å². The van der Waals surface area contributed by atoms with E-state index in [1.165, 1.54) is 17.7 Å². The number of hydrogen-bond donors (Lipinski definition) is 1. The van der Waals surface area contributed by atoms with Crippen molar-refractivity contribution >= 4 is 5.91 Å². The highest BCUT2D eigenvalue weighted by Crippen LogP contribution is 2.35. The predicted octanol–water partition coefficient (Wildman–Crippen LogP) is 2.82. The number of carbonyl (C=O) groups is 1. The summed E-state index contributed by atoms with van der Waals surface area (Å²) in [6, 6.07) is 16.4. The summed E-state index contributed by atoms with van der Waals surface area (Å²) in [5, 5.41) is 4.02. The molecule has 1 saturated heterocycles. The monoisotopic (exact) mass is 394 g/mol. The van der Waals surface area contributed by atoms with Crippen LogP contribution in [-0.4, -0.2) is 34.0 Å². The maximum atomic E-state index is 13.1. The molecule has 150 valence electrons. The summed E-state index contributed by atoms with van der Waals surface area (Å²) >= 11 is 0. The van der Waals surface area contributed by atoms with E-state index in [9.17, 15) is 9.18 Å². The van der Waals surface area contributed by atoms with Crippen LogP contribution in [0.3, 0.4) is 0 Å². The maximum Gasteiger partial charge on any atom is 0.242 e. The Labute approximate surface area is 168 Å². The van der Waals surface area contributed by atoms with Crippen molar-refractivity contribution in [3.05, 3.63) is 83.3 Å². The zero-order valence-corrected chi connectivity index (χ0v) is 16.1. The van der Waals surface area contributed by atoms with Crippen molar-refractivity contribution in [2.24, 2.45) is 5.73 Å². The highest BCUT2D eigenvalue weighted by Gasteiger charge is 2.46. The molecule has 0 radical (unpaired) electrons. The molecule has 2 heterocycles. The molecular weight excluding hydrogens is 371 g/mol. The Balaban J connectivity index is 1.46. The highest BCUT2D eigenvalue weighted by molar-refractivity contribution is 5.85. The standard InChI is InChI=1S/C22H23FN4O2/c23-18-8-6-16(7-9-18)14-19-25-21(29-26-19)22(20(24)28)10-12-27(13-11-22)15-17-4-2-1-3-5-17/h1-9H,10-15H2,(H2,24,28). The first-order valence-electron chi connectivity index (χ1n) is 9.69. The number of aromatic nitrogens is 2. The smallest absolute Gasteiger partial charge is 0.242 e. The van der Waals surface area contributed by atoms with Gasteiger partial charge in [0, 0.05) is 26.1 Å². The molecule has 1 amide bonds. The molecule has 0 atom stereocenters. The number of rotatable bonds is 6. The van der Waals surface area contributed by atoms with E-state index in [1.54, 1.807) is 12.1 Å². The molecule has 1 aromatic heterocycles. The summed E-state index contributed by atoms with van der Waals surface area (Å²) in [6.07, 6.45) is 1.47. The highest BCUT2D eigenvalue weighted by atomic mass is 19.1. The van der Waals surface area contributed by atoms with Gasteiger partial charge in [0.1, 0.15) is 11.2 Å².